The molecule has 120 heavy (non-hydrogen) atoms. The maximum atomic E-state index is 1.92. The van der Waals surface area contributed by atoms with E-state index in [-0.39, 0.29) is 0 Å². The fourth-order valence-corrected chi connectivity index (χ4v) is 74.3. The summed E-state index contributed by atoms with van der Waals surface area (Å²) in [4.78, 5) is 0. The van der Waals surface area contributed by atoms with E-state index in [1.807, 2.05) is 25.7 Å². The second kappa shape index (κ2) is 16.1. The Kier molecular flexibility index (Phi) is 7.97. The lowest BCUT2D eigenvalue weighted by atomic mass is 8.92. The van der Waals surface area contributed by atoms with Gasteiger partial charge in [-0.1, -0.05) is 89.9 Å². The molecule has 0 aromatic carbocycles. The zero-order valence-electron chi connectivity index (χ0n) is 72.4. The molecule has 0 aliphatic heterocycles. The van der Waals surface area contributed by atoms with Gasteiger partial charge >= 0.3 is 0 Å². The predicted molar refractivity (Wildman–Crippen MR) is 444 cm³/mol. The van der Waals surface area contributed by atoms with E-state index in [1.54, 1.807) is 148 Å². The molecule has 50 aliphatic rings. The second-order valence-corrected chi connectivity index (χ2v) is 64.6. The number of rotatable bonds is 0. The first kappa shape index (κ1) is 59.5. The Morgan fingerprint density at radius 1 is 0.117 bits per heavy atom. The standard InChI is InChI=1S/C120H142/c1-2-8-14-26-116-108-95-83-71-58-46-31-22-23-32(31)47(46)59(58)72(71)85(83)97(95)110(108)118(116)40-19-13-7-5-11-16-35(41-36(17-10-3-1)51-53(41)65-63(51)75-77(65)88-84(75)96-98(88)111(118)109(96)116)50-43-28-15-9-4-6-12-18-39(119-112-99-86-73-60-48-33-24-25-34(33)49(48)61(60)74(73)87(86)101(99)114(112)120(40,119)115-102-90-79-69-62(50)55(43)67(69)78(79)89(90)100(102)113(115)119)117-105-93-81-66-54-42-37(28)27-38(42)52(54)64(66)76(81)91(93)103(105)107(117)104-92-80-68-56-44-29-20-21-30(29)45(44)57(56)70(68)82(80)94(92)106(104)117/h28-115H,1-27H2. The second-order valence-electron chi connectivity index (χ2n) is 64.6. The molecule has 0 heteroatoms. The van der Waals surface area contributed by atoms with Crippen molar-refractivity contribution in [3.63, 3.8) is 0 Å². The normalized spacial score (nSPS) is 92.6. The van der Waals surface area contributed by atoms with Crippen LogP contribution in [0.4, 0.5) is 0 Å². The molecule has 622 valence electrons. The van der Waals surface area contributed by atoms with Crippen molar-refractivity contribution in [3.05, 3.63) is 0 Å². The fraction of sp³-hybridized carbons (Fsp3) is 1.00. The minimum Gasteiger partial charge on any atom is -0.0533 e. The highest BCUT2D eigenvalue weighted by molar-refractivity contribution is 5.60. The quantitative estimate of drug-likeness (QED) is 0.212. The van der Waals surface area contributed by atoms with E-state index in [1.165, 1.54) is 521 Å². The summed E-state index contributed by atoms with van der Waals surface area (Å²) in [5.41, 5.74) is 4.18. The van der Waals surface area contributed by atoms with Gasteiger partial charge in [-0.05, 0) is 631 Å². The molecule has 4 bridgehead atoms. The van der Waals surface area contributed by atoms with Crippen molar-refractivity contribution in [2.24, 2.45) is 548 Å². The molecule has 5 spiro atoms. The van der Waals surface area contributed by atoms with Crippen LogP contribution in [0, 0.1) is 548 Å². The average molecular weight is 1580 g/mol. The third kappa shape index (κ3) is 4.08. The molecule has 0 N–H and O–H groups in total. The van der Waals surface area contributed by atoms with E-state index >= 15 is 0 Å². The molecule has 0 amide bonds. The SMILES string of the molecule is C1CCCCC23C4C5C6C7C8C9C%10CCC%10C9C8C7C6C5C4C24C2C5C6C7C8C9C(C%10CCCCCCC4C4%11C%12C%13C%14C%15C%16C%17C%18CCC%18C%17C%16C%15C%14C%13C%12C4%12C4C%13C%14C%15C%16C%17C(C%18CCCCCCC%12C%12%19C%20C%21C%22C%23C%24C%25C%18CC%25C%24C%23C%22C%21C%20C%12C%12C%18C%20C%21C%22C%23C%24CCC%24C%23C%22C%21C%20C%18C%12%19)C%10C%17C%16C%15C%14C%13C4%11)C(CCC1)C9C8C7C6C5C23. The lowest BCUT2D eigenvalue weighted by molar-refractivity contribution is -0.655. The Morgan fingerprint density at radius 3 is 0.700 bits per heavy atom. The highest BCUT2D eigenvalue weighted by atomic mass is 15.2. The minimum atomic E-state index is 0.822. The highest BCUT2D eigenvalue weighted by Gasteiger charge is 3.13. The van der Waals surface area contributed by atoms with Crippen LogP contribution in [0.15, 0.2) is 0 Å². The van der Waals surface area contributed by atoms with Gasteiger partial charge in [0.25, 0.3) is 0 Å². The summed E-state index contributed by atoms with van der Waals surface area (Å²) >= 11 is 0. The third-order valence-electron chi connectivity index (χ3n) is 72.0. The summed E-state index contributed by atoms with van der Waals surface area (Å²) in [5, 5.41) is 0. The summed E-state index contributed by atoms with van der Waals surface area (Å²) in [6.45, 7) is 0. The van der Waals surface area contributed by atoms with Crippen LogP contribution in [0.2, 0.25) is 0 Å². The molecule has 0 radical (unpaired) electrons. The van der Waals surface area contributed by atoms with E-state index in [4.69, 9.17) is 0 Å². The van der Waals surface area contributed by atoms with Crippen molar-refractivity contribution in [2.45, 2.75) is 173 Å². The molecule has 0 saturated heterocycles. The molecular weight excluding hydrogens is 1440 g/mol. The number of hydrogen-bond donors (Lipinski definition) is 0. The Bertz CT molecular complexity index is 5340. The lowest BCUT2D eigenvalue weighted by Gasteiger charge is -3.11. The van der Waals surface area contributed by atoms with E-state index in [9.17, 15) is 0 Å². The molecule has 50 fully saturated rings. The van der Waals surface area contributed by atoms with Gasteiger partial charge in [-0.25, -0.2) is 0 Å². The van der Waals surface area contributed by atoms with Crippen molar-refractivity contribution in [1.82, 2.24) is 0 Å². The molecule has 93 atom stereocenters. The van der Waals surface area contributed by atoms with Gasteiger partial charge in [-0.15, -0.1) is 0 Å². The third-order valence-corrected chi connectivity index (χ3v) is 72.0. The molecule has 0 aromatic rings. The van der Waals surface area contributed by atoms with Crippen molar-refractivity contribution in [3.8, 4) is 0 Å². The Hall–Kier alpha value is 0. The maximum Gasteiger partial charge on any atom is -0.0130 e. The molecule has 0 aromatic heterocycles. The van der Waals surface area contributed by atoms with Crippen LogP contribution in [0.1, 0.15) is 173 Å². The Balaban J connectivity index is 0.524. The van der Waals surface area contributed by atoms with E-state index < -0.39 is 0 Å². The fourth-order valence-electron chi connectivity index (χ4n) is 74.3. The summed E-state index contributed by atoms with van der Waals surface area (Å²) < 4.78 is 0. The topological polar surface area (TPSA) is 0 Å². The molecule has 93 unspecified atom stereocenters. The van der Waals surface area contributed by atoms with Crippen molar-refractivity contribution in [2.75, 3.05) is 0 Å². The van der Waals surface area contributed by atoms with Crippen LogP contribution < -0.4 is 0 Å². The van der Waals surface area contributed by atoms with Gasteiger partial charge in [0, 0.05) is 0 Å². The monoisotopic (exact) mass is 1580 g/mol. The van der Waals surface area contributed by atoms with Gasteiger partial charge in [-0.2, -0.15) is 0 Å². The van der Waals surface area contributed by atoms with E-state index in [0.29, 0.717) is 0 Å². The van der Waals surface area contributed by atoms with Gasteiger partial charge in [0.2, 0.25) is 0 Å². The number of fused-ring (bicyclic) bond motifs is 84. The lowest BCUT2D eigenvalue weighted by Crippen LogP contribution is -3.09. The molecule has 0 heterocycles. The summed E-state index contributed by atoms with van der Waals surface area (Å²) in [6, 6.07) is 0. The zero-order valence-corrected chi connectivity index (χ0v) is 72.4. The summed E-state index contributed by atoms with van der Waals surface area (Å²) in [7, 11) is 0. The molecular formula is C120H142. The molecule has 50 aliphatic carbocycles. The van der Waals surface area contributed by atoms with Crippen LogP contribution in [-0.2, 0) is 0 Å². The van der Waals surface area contributed by atoms with E-state index in [2.05, 4.69) is 0 Å². The minimum absolute atomic E-state index is 0.822. The molecule has 0 nitrogen and oxygen atoms in total. The van der Waals surface area contributed by atoms with Crippen molar-refractivity contribution < 1.29 is 0 Å². The van der Waals surface area contributed by atoms with Gasteiger partial charge in [0.05, 0.1) is 0 Å². The summed E-state index contributed by atoms with van der Waals surface area (Å²) in [5.74, 6) is 113. The van der Waals surface area contributed by atoms with Crippen LogP contribution >= 0.6 is 0 Å². The maximum absolute atomic E-state index is 1.92. The van der Waals surface area contributed by atoms with Crippen molar-refractivity contribution >= 4 is 0 Å². The van der Waals surface area contributed by atoms with Gasteiger partial charge in [0.1, 0.15) is 0 Å². The Morgan fingerprint density at radius 2 is 0.333 bits per heavy atom. The van der Waals surface area contributed by atoms with Crippen LogP contribution in [0.3, 0.4) is 0 Å². The molecule has 50 saturated carbocycles. The first-order valence-corrected chi connectivity index (χ1v) is 59.8. The van der Waals surface area contributed by atoms with Gasteiger partial charge < -0.3 is 0 Å². The Labute approximate surface area is 716 Å². The highest BCUT2D eigenvalue weighted by Crippen LogP contribution is 3.16. The first-order valence-electron chi connectivity index (χ1n) is 59.8. The first-order chi connectivity index (χ1) is 59.8. The van der Waals surface area contributed by atoms with E-state index in [0.717, 1.165) is 27.1 Å². The number of hydrogen-bond acceptors (Lipinski definition) is 0. The van der Waals surface area contributed by atoms with Crippen LogP contribution in [-0.4, -0.2) is 0 Å². The van der Waals surface area contributed by atoms with Gasteiger partial charge in [-0.3, -0.25) is 0 Å². The van der Waals surface area contributed by atoms with Gasteiger partial charge in [0.15, 0.2) is 0 Å². The van der Waals surface area contributed by atoms with Crippen molar-refractivity contribution in [1.29, 1.82) is 0 Å². The average Bonchev–Trinajstić information content (AvgIpc) is 0.548. The molecule has 50 rings (SSSR count). The smallest absolute Gasteiger partial charge is 0.0130 e. The van der Waals surface area contributed by atoms with Crippen LogP contribution in [0.5, 0.6) is 0 Å². The predicted octanol–water partition coefficient (Wildman–Crippen LogP) is 21.4. The largest absolute Gasteiger partial charge is 0.0533 e. The van der Waals surface area contributed by atoms with Crippen LogP contribution in [0.25, 0.3) is 0 Å². The summed E-state index contributed by atoms with van der Waals surface area (Å²) in [6.07, 6.45) is 47.2. The zero-order chi connectivity index (χ0) is 72.4.